The van der Waals surface area contributed by atoms with Crippen LogP contribution in [-0.2, 0) is 0 Å². The van der Waals surface area contributed by atoms with Gasteiger partial charge < -0.3 is 9.42 Å². The fourth-order valence-corrected chi connectivity index (χ4v) is 3.59. The van der Waals surface area contributed by atoms with Crippen LogP contribution in [0.3, 0.4) is 0 Å². The summed E-state index contributed by atoms with van der Waals surface area (Å²) in [4.78, 5) is 23.1. The lowest BCUT2D eigenvalue weighted by molar-refractivity contribution is 0.0666. The number of rotatable bonds is 4. The summed E-state index contributed by atoms with van der Waals surface area (Å²) in [6.45, 7) is 1.26. The second-order valence-electron chi connectivity index (χ2n) is 7.14. The quantitative estimate of drug-likeness (QED) is 0.518. The normalized spacial score (nSPS) is 16.5. The fourth-order valence-electron chi connectivity index (χ4n) is 3.59. The van der Waals surface area contributed by atoms with Gasteiger partial charge in [-0.2, -0.15) is 4.98 Å². The Labute approximate surface area is 172 Å². The molecule has 9 heteroatoms. The number of likely N-dealkylation sites (tertiary alicyclic amines) is 1. The second kappa shape index (κ2) is 7.86. The molecule has 1 saturated heterocycles. The van der Waals surface area contributed by atoms with Crippen LogP contribution < -0.4 is 0 Å². The molecule has 9 nitrogen and oxygen atoms in total. The standard InChI is InChI=1S/C21H19N7O2/c29-21(17-10-4-5-11-22-17)27-12-6-9-16(13-27)28-14-18(24-26-28)20-23-19(25-30-20)15-7-2-1-3-8-15/h1-5,7-8,10-11,14,16H,6,9,12-13H2/t16-/m1/s1. The maximum Gasteiger partial charge on any atom is 0.280 e. The van der Waals surface area contributed by atoms with Gasteiger partial charge in [0.05, 0.1) is 12.2 Å². The van der Waals surface area contributed by atoms with Crippen LogP contribution in [0.4, 0.5) is 0 Å². The van der Waals surface area contributed by atoms with Crippen molar-refractivity contribution in [3.05, 3.63) is 66.6 Å². The van der Waals surface area contributed by atoms with E-state index in [-0.39, 0.29) is 11.9 Å². The third kappa shape index (κ3) is 3.57. The summed E-state index contributed by atoms with van der Waals surface area (Å²) in [7, 11) is 0. The van der Waals surface area contributed by atoms with E-state index in [2.05, 4.69) is 25.4 Å². The van der Waals surface area contributed by atoms with Gasteiger partial charge in [0.2, 0.25) is 5.82 Å². The average molecular weight is 401 g/mol. The molecule has 1 fully saturated rings. The predicted octanol–water partition coefficient (Wildman–Crippen LogP) is 2.87. The first kappa shape index (κ1) is 18.2. The maximum absolute atomic E-state index is 12.7. The number of benzene rings is 1. The van der Waals surface area contributed by atoms with Gasteiger partial charge in [-0.1, -0.05) is 46.8 Å². The van der Waals surface area contributed by atoms with Gasteiger partial charge in [-0.15, -0.1) is 5.10 Å². The Kier molecular flexibility index (Phi) is 4.76. The molecule has 30 heavy (non-hydrogen) atoms. The van der Waals surface area contributed by atoms with E-state index in [0.717, 1.165) is 18.4 Å². The average Bonchev–Trinajstić information content (AvgIpc) is 3.50. The smallest absolute Gasteiger partial charge is 0.280 e. The third-order valence-electron chi connectivity index (χ3n) is 5.13. The van der Waals surface area contributed by atoms with E-state index in [1.54, 1.807) is 29.2 Å². The van der Waals surface area contributed by atoms with E-state index in [1.807, 2.05) is 41.3 Å². The van der Waals surface area contributed by atoms with Gasteiger partial charge in [0.25, 0.3) is 11.8 Å². The number of carbonyl (C=O) groups is 1. The van der Waals surface area contributed by atoms with Gasteiger partial charge in [-0.05, 0) is 25.0 Å². The lowest BCUT2D eigenvalue weighted by atomic mass is 10.1. The van der Waals surface area contributed by atoms with Crippen LogP contribution in [0.2, 0.25) is 0 Å². The summed E-state index contributed by atoms with van der Waals surface area (Å²) in [5.74, 6) is 0.757. The van der Waals surface area contributed by atoms with Gasteiger partial charge in [0.1, 0.15) is 5.69 Å². The summed E-state index contributed by atoms with van der Waals surface area (Å²) in [6.07, 6.45) is 5.22. The zero-order valence-corrected chi connectivity index (χ0v) is 16.1. The van der Waals surface area contributed by atoms with Gasteiger partial charge in [0.15, 0.2) is 5.69 Å². The molecule has 3 aromatic heterocycles. The van der Waals surface area contributed by atoms with Crippen LogP contribution in [0, 0.1) is 0 Å². The van der Waals surface area contributed by atoms with Crippen molar-refractivity contribution in [3.63, 3.8) is 0 Å². The Balaban J connectivity index is 1.32. The molecule has 1 aromatic carbocycles. The minimum Gasteiger partial charge on any atom is -0.335 e. The predicted molar refractivity (Wildman–Crippen MR) is 107 cm³/mol. The van der Waals surface area contributed by atoms with E-state index >= 15 is 0 Å². The molecule has 5 rings (SSSR count). The van der Waals surface area contributed by atoms with Crippen LogP contribution in [0.5, 0.6) is 0 Å². The molecule has 0 saturated carbocycles. The summed E-state index contributed by atoms with van der Waals surface area (Å²) < 4.78 is 7.15. The minimum absolute atomic E-state index is 0.0316. The molecule has 0 unspecified atom stereocenters. The number of piperidine rings is 1. The highest BCUT2D eigenvalue weighted by molar-refractivity contribution is 5.92. The van der Waals surface area contributed by atoms with E-state index in [9.17, 15) is 4.79 Å². The van der Waals surface area contributed by atoms with E-state index in [0.29, 0.717) is 36.2 Å². The number of carbonyl (C=O) groups excluding carboxylic acids is 1. The van der Waals surface area contributed by atoms with Crippen LogP contribution in [-0.4, -0.2) is 54.0 Å². The van der Waals surface area contributed by atoms with Crippen LogP contribution in [0.25, 0.3) is 23.0 Å². The SMILES string of the molecule is O=C(c1ccccn1)N1CCC[C@@H](n2cc(-c3nc(-c4ccccc4)no3)nn2)C1. The minimum atomic E-state index is -0.0648. The largest absolute Gasteiger partial charge is 0.335 e. The molecule has 0 N–H and O–H groups in total. The van der Waals surface area contributed by atoms with E-state index < -0.39 is 0 Å². The molecule has 1 aliphatic rings. The van der Waals surface area contributed by atoms with Crippen molar-refractivity contribution >= 4 is 5.91 Å². The van der Waals surface area contributed by atoms with Crippen molar-refractivity contribution < 1.29 is 9.32 Å². The maximum atomic E-state index is 12.7. The molecule has 4 heterocycles. The third-order valence-corrected chi connectivity index (χ3v) is 5.13. The Bertz CT molecular complexity index is 1140. The first-order valence-electron chi connectivity index (χ1n) is 9.79. The Morgan fingerprint density at radius 3 is 2.80 bits per heavy atom. The highest BCUT2D eigenvalue weighted by Crippen LogP contribution is 2.25. The summed E-state index contributed by atoms with van der Waals surface area (Å²) in [6, 6.07) is 15.0. The van der Waals surface area contributed by atoms with Gasteiger partial charge in [0, 0.05) is 24.8 Å². The number of pyridine rings is 1. The first-order chi connectivity index (χ1) is 14.8. The van der Waals surface area contributed by atoms with Gasteiger partial charge in [-0.3, -0.25) is 9.78 Å². The van der Waals surface area contributed by atoms with Crippen molar-refractivity contribution in [2.75, 3.05) is 13.1 Å². The number of amides is 1. The number of aromatic nitrogens is 6. The van der Waals surface area contributed by atoms with Crippen molar-refractivity contribution in [1.82, 2.24) is 35.0 Å². The molecule has 0 radical (unpaired) electrons. The summed E-state index contributed by atoms with van der Waals surface area (Å²) >= 11 is 0. The topological polar surface area (TPSA) is 103 Å². The van der Waals surface area contributed by atoms with E-state index in [1.165, 1.54) is 0 Å². The van der Waals surface area contributed by atoms with E-state index in [4.69, 9.17) is 4.52 Å². The molecule has 1 amide bonds. The molecule has 4 aromatic rings. The number of nitrogens with zero attached hydrogens (tertiary/aromatic N) is 7. The zero-order chi connectivity index (χ0) is 20.3. The lowest BCUT2D eigenvalue weighted by Crippen LogP contribution is -2.41. The molecule has 150 valence electrons. The van der Waals surface area contributed by atoms with Crippen LogP contribution in [0.15, 0.2) is 65.4 Å². The Morgan fingerprint density at radius 2 is 1.97 bits per heavy atom. The Hall–Kier alpha value is -3.88. The Morgan fingerprint density at radius 1 is 1.10 bits per heavy atom. The molecule has 1 atom stereocenters. The second-order valence-corrected chi connectivity index (χ2v) is 7.14. The monoisotopic (exact) mass is 401 g/mol. The molecule has 1 aliphatic heterocycles. The molecule has 0 spiro atoms. The fraction of sp³-hybridized carbons (Fsp3) is 0.238. The number of hydrogen-bond acceptors (Lipinski definition) is 7. The molecular weight excluding hydrogens is 382 g/mol. The molecule has 0 bridgehead atoms. The molecular formula is C21H19N7O2. The van der Waals surface area contributed by atoms with Crippen molar-refractivity contribution in [2.24, 2.45) is 0 Å². The van der Waals surface area contributed by atoms with Gasteiger partial charge >= 0.3 is 0 Å². The lowest BCUT2D eigenvalue weighted by Gasteiger charge is -2.32. The zero-order valence-electron chi connectivity index (χ0n) is 16.1. The molecule has 0 aliphatic carbocycles. The van der Waals surface area contributed by atoms with Crippen LogP contribution in [0.1, 0.15) is 29.4 Å². The highest BCUT2D eigenvalue weighted by Gasteiger charge is 2.27. The van der Waals surface area contributed by atoms with Crippen molar-refractivity contribution in [1.29, 1.82) is 0 Å². The highest BCUT2D eigenvalue weighted by atomic mass is 16.5. The van der Waals surface area contributed by atoms with Crippen LogP contribution >= 0.6 is 0 Å². The van der Waals surface area contributed by atoms with Gasteiger partial charge in [-0.25, -0.2) is 4.68 Å². The summed E-state index contributed by atoms with van der Waals surface area (Å²) in [5.41, 5.74) is 1.84. The summed E-state index contributed by atoms with van der Waals surface area (Å²) in [5, 5.41) is 12.5. The number of hydrogen-bond donors (Lipinski definition) is 0. The van der Waals surface area contributed by atoms with Crippen molar-refractivity contribution in [3.8, 4) is 23.0 Å². The first-order valence-corrected chi connectivity index (χ1v) is 9.79. The van der Waals surface area contributed by atoms with Crippen molar-refractivity contribution in [2.45, 2.75) is 18.9 Å².